The molecule has 0 aliphatic heterocycles. The van der Waals surface area contributed by atoms with Crippen molar-refractivity contribution in [2.45, 2.75) is 0 Å². The molecule has 2 radical (unpaired) electrons. The summed E-state index contributed by atoms with van der Waals surface area (Å²) in [6.45, 7) is 2.67. The Balaban J connectivity index is 0.000000386. The average Bonchev–Trinajstić information content (AvgIpc) is 2.51. The van der Waals surface area contributed by atoms with E-state index in [1.54, 1.807) is 0 Å². The van der Waals surface area contributed by atoms with E-state index in [9.17, 15) is 4.79 Å². The van der Waals surface area contributed by atoms with Crippen molar-refractivity contribution < 1.29 is 10.0 Å². The molecular formula is C12H11NO2Si. The number of hydrogen-bond acceptors (Lipinski definition) is 3. The predicted octanol–water partition coefficient (Wildman–Crippen LogP) is 1.39. The molecule has 0 unspecified atom stereocenters. The molecule has 0 fully saturated rings. The second-order valence-corrected chi connectivity index (χ2v) is 3.99. The molecule has 0 amide bonds. The Labute approximate surface area is 96.6 Å². The highest BCUT2D eigenvalue weighted by Crippen LogP contribution is 2.18. The lowest BCUT2D eigenvalue weighted by Gasteiger charge is -1.94. The smallest absolute Gasteiger partial charge is 0.168 e. The van der Waals surface area contributed by atoms with Gasteiger partial charge in [0.2, 0.25) is 0 Å². The maximum atomic E-state index is 10.4. The average molecular weight is 229 g/mol. The molecule has 4 heteroatoms. The van der Waals surface area contributed by atoms with E-state index in [-0.39, 0.29) is 9.52 Å². The van der Waals surface area contributed by atoms with Gasteiger partial charge in [0.25, 0.3) is 0 Å². The van der Waals surface area contributed by atoms with E-state index in [1.165, 1.54) is 11.1 Å². The summed E-state index contributed by atoms with van der Waals surface area (Å²) in [5, 5.41) is 10.5. The lowest BCUT2D eigenvalue weighted by atomic mass is 10.2. The molecule has 0 saturated heterocycles. The fourth-order valence-corrected chi connectivity index (χ4v) is 2.09. The molecule has 3 nitrogen and oxygen atoms in total. The number of fused-ring (bicyclic) bond motifs is 1. The van der Waals surface area contributed by atoms with Crippen molar-refractivity contribution in [3.8, 4) is 11.1 Å². The Kier molecular flexibility index (Phi) is 4.95. The Morgan fingerprint density at radius 2 is 1.88 bits per heavy atom. The van der Waals surface area contributed by atoms with Crippen molar-refractivity contribution in [1.82, 2.24) is 0 Å². The SMILES string of the molecule is C=NO.O=C[Si]c1ccc2cccccc1-2. The van der Waals surface area contributed by atoms with E-state index in [4.69, 9.17) is 5.21 Å². The normalized spacial score (nSPS) is 9.00. The van der Waals surface area contributed by atoms with Crippen molar-refractivity contribution in [3.05, 3.63) is 42.5 Å². The van der Waals surface area contributed by atoms with Gasteiger partial charge in [-0.15, -0.1) is 5.16 Å². The first-order chi connectivity index (χ1) is 7.83. The van der Waals surface area contributed by atoms with Crippen molar-refractivity contribution in [1.29, 1.82) is 0 Å². The van der Waals surface area contributed by atoms with Gasteiger partial charge in [0, 0.05) is 6.72 Å². The van der Waals surface area contributed by atoms with E-state index in [1.807, 2.05) is 24.3 Å². The molecule has 16 heavy (non-hydrogen) atoms. The van der Waals surface area contributed by atoms with Crippen LogP contribution in [0.3, 0.4) is 0 Å². The molecule has 1 N–H and O–H groups in total. The van der Waals surface area contributed by atoms with Crippen molar-refractivity contribution >= 4 is 27.3 Å². The van der Waals surface area contributed by atoms with Crippen LogP contribution in [-0.4, -0.2) is 27.4 Å². The third kappa shape index (κ3) is 3.03. The number of carbonyl (C=O) groups is 1. The maximum Gasteiger partial charge on any atom is 0.168 e. The molecular weight excluding hydrogens is 218 g/mol. The van der Waals surface area contributed by atoms with E-state index in [2.05, 4.69) is 30.1 Å². The van der Waals surface area contributed by atoms with Crippen LogP contribution in [0.15, 0.2) is 47.6 Å². The van der Waals surface area contributed by atoms with Gasteiger partial charge in [0.1, 0.15) is 5.91 Å². The number of nitrogens with zero attached hydrogens (tertiary/aromatic N) is 1. The van der Waals surface area contributed by atoms with Crippen LogP contribution in [-0.2, 0) is 4.79 Å². The standard InChI is InChI=1S/C11H8OSi.CH3NO/c12-8-13-11-7-6-9-4-2-1-3-5-10(9)11;1-2-3/h1-8H;3H,1H2. The largest absolute Gasteiger partial charge is 0.411 e. The van der Waals surface area contributed by atoms with Crippen molar-refractivity contribution in [2.75, 3.05) is 0 Å². The predicted molar refractivity (Wildman–Crippen MR) is 66.5 cm³/mol. The minimum absolute atomic E-state index is 0.268. The minimum atomic E-state index is 0.268. The highest BCUT2D eigenvalue weighted by Gasteiger charge is 2.06. The van der Waals surface area contributed by atoms with E-state index in [0.29, 0.717) is 0 Å². The van der Waals surface area contributed by atoms with Crippen LogP contribution in [0.4, 0.5) is 0 Å². The second kappa shape index (κ2) is 6.52. The molecule has 0 bridgehead atoms. The molecule has 0 saturated carbocycles. The third-order valence-corrected chi connectivity index (χ3v) is 2.87. The first-order valence-corrected chi connectivity index (χ1v) is 5.69. The number of rotatable bonds is 2. The number of carbonyl (C=O) groups excluding carboxylic acids is 1. The molecule has 0 atom stereocenters. The number of hydrogen-bond donors (Lipinski definition) is 1. The van der Waals surface area contributed by atoms with Gasteiger partial charge in [-0.25, -0.2) is 0 Å². The molecule has 80 valence electrons. The van der Waals surface area contributed by atoms with Crippen LogP contribution in [0.5, 0.6) is 0 Å². The van der Waals surface area contributed by atoms with Gasteiger partial charge in [-0.05, 0) is 16.3 Å². The van der Waals surface area contributed by atoms with Gasteiger partial charge in [-0.3, -0.25) is 0 Å². The Morgan fingerprint density at radius 3 is 2.56 bits per heavy atom. The fraction of sp³-hybridized carbons (Fsp3) is 0. The van der Waals surface area contributed by atoms with Crippen molar-refractivity contribution in [3.63, 3.8) is 0 Å². The highest BCUT2D eigenvalue weighted by atomic mass is 28.2. The van der Waals surface area contributed by atoms with Crippen LogP contribution < -0.4 is 5.19 Å². The zero-order chi connectivity index (χ0) is 11.8. The zero-order valence-electron chi connectivity index (χ0n) is 8.63. The molecule has 2 aliphatic carbocycles. The Bertz CT molecular complexity index is 445. The summed E-state index contributed by atoms with van der Waals surface area (Å²) < 4.78 is 0. The van der Waals surface area contributed by atoms with E-state index in [0.717, 1.165) is 11.1 Å². The molecule has 0 aromatic carbocycles. The fourth-order valence-electron chi connectivity index (χ4n) is 1.40. The monoisotopic (exact) mass is 229 g/mol. The molecule has 0 spiro atoms. The lowest BCUT2D eigenvalue weighted by molar-refractivity contribution is 0.323. The second-order valence-electron chi connectivity index (χ2n) is 2.93. The highest BCUT2D eigenvalue weighted by molar-refractivity contribution is 6.79. The van der Waals surface area contributed by atoms with E-state index >= 15 is 0 Å². The topological polar surface area (TPSA) is 49.7 Å². The van der Waals surface area contributed by atoms with Gasteiger partial charge in [0.15, 0.2) is 9.52 Å². The number of oxime groups is 1. The van der Waals surface area contributed by atoms with Crippen LogP contribution in [0, 0.1) is 0 Å². The Morgan fingerprint density at radius 1 is 1.19 bits per heavy atom. The van der Waals surface area contributed by atoms with Crippen LogP contribution >= 0.6 is 0 Å². The molecule has 0 heterocycles. The van der Waals surface area contributed by atoms with Gasteiger partial charge >= 0.3 is 0 Å². The van der Waals surface area contributed by atoms with Gasteiger partial charge in [-0.1, -0.05) is 42.5 Å². The first-order valence-electron chi connectivity index (χ1n) is 4.61. The molecule has 2 rings (SSSR count). The maximum absolute atomic E-state index is 10.4. The summed E-state index contributed by atoms with van der Waals surface area (Å²) in [5.41, 5.74) is 2.39. The van der Waals surface area contributed by atoms with Gasteiger partial charge < -0.3 is 10.0 Å². The third-order valence-electron chi connectivity index (χ3n) is 2.01. The first kappa shape index (κ1) is 12.1. The quantitative estimate of drug-likeness (QED) is 0.278. The van der Waals surface area contributed by atoms with Crippen LogP contribution in [0.2, 0.25) is 0 Å². The summed E-state index contributed by atoms with van der Waals surface area (Å²) in [6, 6.07) is 14.2. The van der Waals surface area contributed by atoms with E-state index < -0.39 is 0 Å². The minimum Gasteiger partial charge on any atom is -0.411 e. The Hall–Kier alpha value is -1.94. The zero-order valence-corrected chi connectivity index (χ0v) is 9.63. The van der Waals surface area contributed by atoms with Crippen molar-refractivity contribution in [2.24, 2.45) is 5.16 Å². The summed E-state index contributed by atoms with van der Waals surface area (Å²) in [4.78, 5) is 10.4. The summed E-state index contributed by atoms with van der Waals surface area (Å²) >= 11 is 0. The van der Waals surface area contributed by atoms with Gasteiger partial charge in [-0.2, -0.15) is 0 Å². The lowest BCUT2D eigenvalue weighted by Crippen LogP contribution is -2.14. The molecule has 0 aromatic heterocycles. The summed E-state index contributed by atoms with van der Waals surface area (Å²) in [5.74, 6) is 0.974. The molecule has 2 aliphatic rings. The summed E-state index contributed by atoms with van der Waals surface area (Å²) in [7, 11) is 0.268. The summed E-state index contributed by atoms with van der Waals surface area (Å²) in [6.07, 6.45) is 0. The van der Waals surface area contributed by atoms with Crippen LogP contribution in [0.1, 0.15) is 0 Å². The van der Waals surface area contributed by atoms with Gasteiger partial charge in [0.05, 0.1) is 0 Å². The van der Waals surface area contributed by atoms with Crippen LogP contribution in [0.25, 0.3) is 11.1 Å². The molecule has 0 aromatic rings.